The van der Waals surface area contributed by atoms with Crippen molar-refractivity contribution < 1.29 is 22.7 Å². The van der Waals surface area contributed by atoms with Crippen LogP contribution in [0.5, 0.6) is 5.75 Å². The third kappa shape index (κ3) is 3.40. The van der Waals surface area contributed by atoms with Gasteiger partial charge in [0.25, 0.3) is 0 Å². The lowest BCUT2D eigenvalue weighted by Crippen LogP contribution is -2.35. The molecule has 1 aromatic rings. The third-order valence-corrected chi connectivity index (χ3v) is 4.37. The Kier molecular flexibility index (Phi) is 4.46. The van der Waals surface area contributed by atoms with E-state index in [0.29, 0.717) is 18.9 Å². The number of carbonyl (C=O) groups excluding carboxylic acids is 1. The van der Waals surface area contributed by atoms with Crippen LogP contribution in [0.25, 0.3) is 0 Å². The van der Waals surface area contributed by atoms with Crippen LogP contribution in [0.3, 0.4) is 0 Å². The van der Waals surface area contributed by atoms with E-state index in [-0.39, 0.29) is 18.0 Å². The Bertz CT molecular complexity index is 570. The largest absolute Gasteiger partial charge is 0.497 e. The van der Waals surface area contributed by atoms with Crippen molar-refractivity contribution in [3.8, 4) is 5.75 Å². The fourth-order valence-corrected chi connectivity index (χ4v) is 2.80. The molecule has 110 valence electrons. The van der Waals surface area contributed by atoms with Gasteiger partial charge in [0.1, 0.15) is 12.4 Å². The first-order valence-corrected chi connectivity index (χ1v) is 7.57. The molecule has 0 aromatic heterocycles. The smallest absolute Gasteiger partial charge is 0.409 e. The van der Waals surface area contributed by atoms with E-state index >= 15 is 0 Å². The fraction of sp³-hybridized carbons (Fsp3) is 0.417. The van der Waals surface area contributed by atoms with Gasteiger partial charge in [-0.15, -0.1) is 0 Å². The molecule has 0 bridgehead atoms. The first-order valence-electron chi connectivity index (χ1n) is 6.08. The van der Waals surface area contributed by atoms with Crippen molar-refractivity contribution in [2.24, 2.45) is 0 Å². The minimum atomic E-state index is -3.58. The molecule has 1 fully saturated rings. The lowest BCUT2D eigenvalue weighted by Gasteiger charge is -2.13. The number of rotatable bonds is 6. The summed E-state index contributed by atoms with van der Waals surface area (Å²) in [6.07, 6.45) is -0.409. The van der Waals surface area contributed by atoms with E-state index in [2.05, 4.69) is 4.72 Å². The standard InChI is InChI=1S/C12H16N2O5S/c1-18-10-2-4-11(5-3-10)20(16,17)13-6-7-14-8-9-19-12(14)15/h2-5,13H,6-9H2,1H3. The summed E-state index contributed by atoms with van der Waals surface area (Å²) in [5, 5.41) is 0. The highest BCUT2D eigenvalue weighted by molar-refractivity contribution is 7.89. The van der Waals surface area contributed by atoms with Crippen molar-refractivity contribution >= 4 is 16.1 Å². The van der Waals surface area contributed by atoms with Crippen LogP contribution in [0.4, 0.5) is 4.79 Å². The number of cyclic esters (lactones) is 1. The van der Waals surface area contributed by atoms with E-state index in [1.54, 1.807) is 12.1 Å². The number of nitrogens with zero attached hydrogens (tertiary/aromatic N) is 1. The molecule has 20 heavy (non-hydrogen) atoms. The molecule has 1 aromatic carbocycles. The van der Waals surface area contributed by atoms with Gasteiger partial charge in [-0.25, -0.2) is 17.9 Å². The van der Waals surface area contributed by atoms with Crippen LogP contribution in [0.2, 0.25) is 0 Å². The molecule has 1 N–H and O–H groups in total. The quantitative estimate of drug-likeness (QED) is 0.823. The lowest BCUT2D eigenvalue weighted by molar-refractivity contribution is 0.159. The zero-order chi connectivity index (χ0) is 14.6. The molecule has 2 rings (SSSR count). The molecule has 0 saturated carbocycles. The molecule has 7 nitrogen and oxygen atoms in total. The number of benzene rings is 1. The summed E-state index contributed by atoms with van der Waals surface area (Å²) >= 11 is 0. The zero-order valence-electron chi connectivity index (χ0n) is 11.0. The molecule has 1 heterocycles. The average Bonchev–Trinajstić information content (AvgIpc) is 2.84. The molecule has 1 aliphatic rings. The predicted octanol–water partition coefficient (Wildman–Crippen LogP) is 0.426. The highest BCUT2D eigenvalue weighted by Crippen LogP contribution is 2.15. The minimum Gasteiger partial charge on any atom is -0.497 e. The summed E-state index contributed by atoms with van der Waals surface area (Å²) in [5.74, 6) is 0.587. The molecule has 8 heteroatoms. The predicted molar refractivity (Wildman–Crippen MR) is 71.1 cm³/mol. The zero-order valence-corrected chi connectivity index (χ0v) is 11.9. The number of amides is 1. The van der Waals surface area contributed by atoms with E-state index < -0.39 is 16.1 Å². The molecular weight excluding hydrogens is 284 g/mol. The van der Waals surface area contributed by atoms with Crippen molar-refractivity contribution in [2.45, 2.75) is 4.90 Å². The van der Waals surface area contributed by atoms with Gasteiger partial charge in [0.05, 0.1) is 18.6 Å². The van der Waals surface area contributed by atoms with Crippen molar-refractivity contribution in [2.75, 3.05) is 33.4 Å². The second kappa shape index (κ2) is 6.10. The number of ether oxygens (including phenoxy) is 2. The number of nitrogens with one attached hydrogen (secondary N) is 1. The molecule has 0 atom stereocenters. The van der Waals surface area contributed by atoms with Gasteiger partial charge in [-0.05, 0) is 24.3 Å². The highest BCUT2D eigenvalue weighted by Gasteiger charge is 2.22. The summed E-state index contributed by atoms with van der Waals surface area (Å²) in [4.78, 5) is 12.8. The van der Waals surface area contributed by atoms with Crippen LogP contribution >= 0.6 is 0 Å². The number of hydrogen-bond acceptors (Lipinski definition) is 5. The third-order valence-electron chi connectivity index (χ3n) is 2.89. The van der Waals surface area contributed by atoms with E-state index in [1.807, 2.05) is 0 Å². The second-order valence-corrected chi connectivity index (χ2v) is 5.94. The maximum absolute atomic E-state index is 12.0. The van der Waals surface area contributed by atoms with Gasteiger partial charge in [-0.1, -0.05) is 0 Å². The van der Waals surface area contributed by atoms with Crippen LogP contribution in [-0.4, -0.2) is 52.8 Å². The van der Waals surface area contributed by atoms with Gasteiger partial charge >= 0.3 is 6.09 Å². The molecular formula is C12H16N2O5S. The van der Waals surface area contributed by atoms with Gasteiger partial charge in [-0.3, -0.25) is 0 Å². The first kappa shape index (κ1) is 14.6. The summed E-state index contributed by atoms with van der Waals surface area (Å²) in [7, 11) is -2.07. The maximum atomic E-state index is 12.0. The van der Waals surface area contributed by atoms with Gasteiger partial charge < -0.3 is 14.4 Å². The summed E-state index contributed by atoms with van der Waals surface area (Å²) < 4.78 is 36.2. The molecule has 0 aliphatic carbocycles. The first-order chi connectivity index (χ1) is 9.53. The SMILES string of the molecule is COc1ccc(S(=O)(=O)NCCN2CCOC2=O)cc1. The van der Waals surface area contributed by atoms with Crippen LogP contribution in [0.15, 0.2) is 29.2 Å². The Hall–Kier alpha value is -1.80. The Morgan fingerprint density at radius 2 is 2.05 bits per heavy atom. The van der Waals surface area contributed by atoms with Crippen molar-refractivity contribution in [1.82, 2.24) is 9.62 Å². The van der Waals surface area contributed by atoms with Crippen LogP contribution in [0.1, 0.15) is 0 Å². The molecule has 0 spiro atoms. The molecule has 1 saturated heterocycles. The van der Waals surface area contributed by atoms with Crippen LogP contribution in [0, 0.1) is 0 Å². The molecule has 1 aliphatic heterocycles. The van der Waals surface area contributed by atoms with E-state index in [0.717, 1.165) is 0 Å². The van der Waals surface area contributed by atoms with E-state index in [4.69, 9.17) is 9.47 Å². The molecule has 0 radical (unpaired) electrons. The Morgan fingerprint density at radius 3 is 2.60 bits per heavy atom. The van der Waals surface area contributed by atoms with Gasteiger partial charge in [-0.2, -0.15) is 0 Å². The van der Waals surface area contributed by atoms with Crippen LogP contribution in [-0.2, 0) is 14.8 Å². The number of sulfonamides is 1. The average molecular weight is 300 g/mol. The van der Waals surface area contributed by atoms with Crippen molar-refractivity contribution in [1.29, 1.82) is 0 Å². The molecule has 1 amide bonds. The van der Waals surface area contributed by atoms with Crippen molar-refractivity contribution in [3.63, 3.8) is 0 Å². The number of methoxy groups -OCH3 is 1. The van der Waals surface area contributed by atoms with Crippen molar-refractivity contribution in [3.05, 3.63) is 24.3 Å². The number of carbonyl (C=O) groups is 1. The summed E-state index contributed by atoms with van der Waals surface area (Å²) in [6, 6.07) is 6.08. The second-order valence-electron chi connectivity index (χ2n) is 4.17. The topological polar surface area (TPSA) is 84.9 Å². The highest BCUT2D eigenvalue weighted by atomic mass is 32.2. The van der Waals surface area contributed by atoms with Crippen LogP contribution < -0.4 is 9.46 Å². The van der Waals surface area contributed by atoms with Gasteiger partial charge in [0.15, 0.2) is 0 Å². The summed E-state index contributed by atoms with van der Waals surface area (Å²) in [6.45, 7) is 1.27. The monoisotopic (exact) mass is 300 g/mol. The van der Waals surface area contributed by atoms with E-state index in [9.17, 15) is 13.2 Å². The van der Waals surface area contributed by atoms with Gasteiger partial charge in [0.2, 0.25) is 10.0 Å². The Morgan fingerprint density at radius 1 is 1.35 bits per heavy atom. The minimum absolute atomic E-state index is 0.142. The molecule has 0 unspecified atom stereocenters. The van der Waals surface area contributed by atoms with Gasteiger partial charge in [0, 0.05) is 13.1 Å². The number of hydrogen-bond donors (Lipinski definition) is 1. The Labute approximate surface area is 117 Å². The lowest BCUT2D eigenvalue weighted by atomic mass is 10.3. The Balaban J connectivity index is 1.91. The normalized spacial score (nSPS) is 15.2. The summed E-state index contributed by atoms with van der Waals surface area (Å²) in [5.41, 5.74) is 0. The fourth-order valence-electron chi connectivity index (χ4n) is 1.78. The van der Waals surface area contributed by atoms with E-state index in [1.165, 1.54) is 24.1 Å². The maximum Gasteiger partial charge on any atom is 0.409 e.